The van der Waals surface area contributed by atoms with Crippen molar-refractivity contribution in [3.63, 3.8) is 0 Å². The molecule has 0 radical (unpaired) electrons. The van der Waals surface area contributed by atoms with Gasteiger partial charge in [0, 0.05) is 38.4 Å². The SMILES string of the molecule is NC(=O)c1ccc(N)cc1N1CCN(CC2CC2)CC1. The van der Waals surface area contributed by atoms with Crippen LogP contribution in [0.5, 0.6) is 0 Å². The molecule has 1 aliphatic heterocycles. The van der Waals surface area contributed by atoms with E-state index < -0.39 is 0 Å². The van der Waals surface area contributed by atoms with Gasteiger partial charge >= 0.3 is 0 Å². The summed E-state index contributed by atoms with van der Waals surface area (Å²) in [6, 6.07) is 5.31. The van der Waals surface area contributed by atoms with Crippen LogP contribution in [0.2, 0.25) is 0 Å². The molecule has 0 spiro atoms. The second-order valence-electron chi connectivity index (χ2n) is 5.87. The number of carbonyl (C=O) groups is 1. The van der Waals surface area contributed by atoms with Crippen LogP contribution in [0.4, 0.5) is 11.4 Å². The van der Waals surface area contributed by atoms with E-state index in [1.165, 1.54) is 19.4 Å². The lowest BCUT2D eigenvalue weighted by Gasteiger charge is -2.36. The Bertz CT molecular complexity index is 505. The van der Waals surface area contributed by atoms with Crippen LogP contribution in [0.25, 0.3) is 0 Å². The van der Waals surface area contributed by atoms with Crippen LogP contribution in [0, 0.1) is 5.92 Å². The molecule has 2 fully saturated rings. The van der Waals surface area contributed by atoms with Crippen LogP contribution in [0.15, 0.2) is 18.2 Å². The number of primary amides is 1. The molecule has 20 heavy (non-hydrogen) atoms. The standard InChI is InChI=1S/C15H22N4O/c16-12-3-4-13(15(17)20)14(9-12)19-7-5-18(6-8-19)10-11-1-2-11/h3-4,9,11H,1-2,5-8,10,16H2,(H2,17,20). The van der Waals surface area contributed by atoms with E-state index in [1.54, 1.807) is 12.1 Å². The molecule has 5 heteroatoms. The number of carbonyl (C=O) groups excluding carboxylic acids is 1. The number of nitrogens with two attached hydrogens (primary N) is 2. The van der Waals surface area contributed by atoms with E-state index in [4.69, 9.17) is 11.5 Å². The van der Waals surface area contributed by atoms with Gasteiger partial charge in [0.05, 0.1) is 11.3 Å². The van der Waals surface area contributed by atoms with Crippen LogP contribution in [0.3, 0.4) is 0 Å². The van der Waals surface area contributed by atoms with Crippen molar-refractivity contribution in [2.75, 3.05) is 43.4 Å². The third-order valence-corrected chi connectivity index (χ3v) is 4.21. The molecule has 108 valence electrons. The highest BCUT2D eigenvalue weighted by Gasteiger charge is 2.27. The largest absolute Gasteiger partial charge is 0.399 e. The van der Waals surface area contributed by atoms with Crippen molar-refractivity contribution in [2.45, 2.75) is 12.8 Å². The zero-order valence-corrected chi connectivity index (χ0v) is 11.7. The first-order chi connectivity index (χ1) is 9.63. The van der Waals surface area contributed by atoms with Gasteiger partial charge in [0.1, 0.15) is 0 Å². The molecule has 0 bridgehead atoms. The predicted octanol–water partition coefficient (Wildman–Crippen LogP) is 0.900. The van der Waals surface area contributed by atoms with Gasteiger partial charge in [-0.15, -0.1) is 0 Å². The highest BCUT2D eigenvalue weighted by molar-refractivity contribution is 5.99. The van der Waals surface area contributed by atoms with Gasteiger partial charge < -0.3 is 16.4 Å². The molecule has 5 nitrogen and oxygen atoms in total. The molecular weight excluding hydrogens is 252 g/mol. The fraction of sp³-hybridized carbons (Fsp3) is 0.533. The molecule has 1 aromatic rings. The first-order valence-corrected chi connectivity index (χ1v) is 7.30. The normalized spacial score (nSPS) is 20.1. The number of rotatable bonds is 4. The molecular formula is C15H22N4O. The molecule has 1 saturated carbocycles. The molecule has 0 atom stereocenters. The van der Waals surface area contributed by atoms with Crippen molar-refractivity contribution in [3.05, 3.63) is 23.8 Å². The molecule has 1 saturated heterocycles. The van der Waals surface area contributed by atoms with Crippen LogP contribution in [0.1, 0.15) is 23.2 Å². The van der Waals surface area contributed by atoms with Crippen LogP contribution in [-0.4, -0.2) is 43.5 Å². The minimum atomic E-state index is -0.389. The van der Waals surface area contributed by atoms with Gasteiger partial charge in [-0.2, -0.15) is 0 Å². The number of benzene rings is 1. The maximum absolute atomic E-state index is 11.5. The van der Waals surface area contributed by atoms with Gasteiger partial charge in [-0.25, -0.2) is 0 Å². The Labute approximate surface area is 119 Å². The molecule has 3 rings (SSSR count). The van der Waals surface area contributed by atoms with E-state index in [0.29, 0.717) is 11.3 Å². The first kappa shape index (κ1) is 13.2. The molecule has 1 amide bonds. The maximum atomic E-state index is 11.5. The minimum Gasteiger partial charge on any atom is -0.399 e. The molecule has 0 unspecified atom stereocenters. The van der Waals surface area contributed by atoms with Crippen LogP contribution < -0.4 is 16.4 Å². The monoisotopic (exact) mass is 274 g/mol. The summed E-state index contributed by atoms with van der Waals surface area (Å²) in [5.74, 6) is 0.538. The van der Waals surface area contributed by atoms with E-state index in [-0.39, 0.29) is 5.91 Å². The van der Waals surface area contributed by atoms with Gasteiger partial charge in [0.15, 0.2) is 0 Å². The third-order valence-electron chi connectivity index (χ3n) is 4.21. The average Bonchev–Trinajstić information content (AvgIpc) is 3.23. The molecule has 2 aliphatic rings. The number of amides is 1. The van der Waals surface area contributed by atoms with Gasteiger partial charge in [-0.1, -0.05) is 0 Å². The first-order valence-electron chi connectivity index (χ1n) is 7.30. The fourth-order valence-corrected chi connectivity index (χ4v) is 2.86. The Balaban J connectivity index is 1.70. The van der Waals surface area contributed by atoms with E-state index in [2.05, 4.69) is 9.80 Å². The minimum absolute atomic E-state index is 0.389. The quantitative estimate of drug-likeness (QED) is 0.800. The number of nitrogens with zero attached hydrogens (tertiary/aromatic N) is 2. The summed E-state index contributed by atoms with van der Waals surface area (Å²) in [5, 5.41) is 0. The highest BCUT2D eigenvalue weighted by atomic mass is 16.1. The molecule has 1 aliphatic carbocycles. The van der Waals surface area contributed by atoms with Crippen molar-refractivity contribution in [2.24, 2.45) is 11.7 Å². The Morgan fingerprint density at radius 1 is 1.20 bits per heavy atom. The van der Waals surface area contributed by atoms with E-state index in [1.807, 2.05) is 6.07 Å². The summed E-state index contributed by atoms with van der Waals surface area (Å²) < 4.78 is 0. The lowest BCUT2D eigenvalue weighted by Crippen LogP contribution is -2.47. The number of hydrogen-bond donors (Lipinski definition) is 2. The lowest BCUT2D eigenvalue weighted by atomic mass is 10.1. The van der Waals surface area contributed by atoms with Crippen molar-refractivity contribution >= 4 is 17.3 Å². The van der Waals surface area contributed by atoms with Crippen molar-refractivity contribution in [3.8, 4) is 0 Å². The Hall–Kier alpha value is -1.75. The van der Waals surface area contributed by atoms with Gasteiger partial charge in [0.2, 0.25) is 0 Å². The highest BCUT2D eigenvalue weighted by Crippen LogP contribution is 2.30. The molecule has 4 N–H and O–H groups in total. The Morgan fingerprint density at radius 2 is 1.90 bits per heavy atom. The Kier molecular flexibility index (Phi) is 3.53. The third kappa shape index (κ3) is 2.88. The summed E-state index contributed by atoms with van der Waals surface area (Å²) in [4.78, 5) is 16.3. The molecule has 1 heterocycles. The number of nitrogen functional groups attached to an aromatic ring is 1. The van der Waals surface area contributed by atoms with Gasteiger partial charge in [-0.3, -0.25) is 9.69 Å². The van der Waals surface area contributed by atoms with Gasteiger partial charge in [0.25, 0.3) is 5.91 Å². The van der Waals surface area contributed by atoms with Crippen molar-refractivity contribution < 1.29 is 4.79 Å². The molecule has 0 aromatic heterocycles. The number of hydrogen-bond acceptors (Lipinski definition) is 4. The van der Waals surface area contributed by atoms with E-state index in [9.17, 15) is 4.79 Å². The maximum Gasteiger partial charge on any atom is 0.250 e. The van der Waals surface area contributed by atoms with Crippen LogP contribution >= 0.6 is 0 Å². The van der Waals surface area contributed by atoms with E-state index in [0.717, 1.165) is 37.8 Å². The van der Waals surface area contributed by atoms with Crippen molar-refractivity contribution in [1.82, 2.24) is 4.90 Å². The number of anilines is 2. The van der Waals surface area contributed by atoms with Gasteiger partial charge in [-0.05, 0) is 37.0 Å². The molecule has 1 aromatic carbocycles. The predicted molar refractivity (Wildman–Crippen MR) is 80.7 cm³/mol. The summed E-state index contributed by atoms with van der Waals surface area (Å²) in [5.41, 5.74) is 13.4. The lowest BCUT2D eigenvalue weighted by molar-refractivity contribution is 0.100. The summed E-state index contributed by atoms with van der Waals surface area (Å²) in [6.45, 7) is 5.17. The Morgan fingerprint density at radius 3 is 2.50 bits per heavy atom. The smallest absolute Gasteiger partial charge is 0.250 e. The second-order valence-corrected chi connectivity index (χ2v) is 5.87. The topological polar surface area (TPSA) is 75.6 Å². The summed E-state index contributed by atoms with van der Waals surface area (Å²) in [6.07, 6.45) is 2.78. The fourth-order valence-electron chi connectivity index (χ4n) is 2.86. The van der Waals surface area contributed by atoms with E-state index >= 15 is 0 Å². The number of piperazine rings is 1. The zero-order valence-electron chi connectivity index (χ0n) is 11.7. The second kappa shape index (κ2) is 5.32. The average molecular weight is 274 g/mol. The summed E-state index contributed by atoms with van der Waals surface area (Å²) >= 11 is 0. The summed E-state index contributed by atoms with van der Waals surface area (Å²) in [7, 11) is 0. The van der Waals surface area contributed by atoms with Crippen LogP contribution in [-0.2, 0) is 0 Å². The van der Waals surface area contributed by atoms with Crippen molar-refractivity contribution in [1.29, 1.82) is 0 Å². The zero-order chi connectivity index (χ0) is 14.1.